The number of rotatable bonds is 2. The van der Waals surface area contributed by atoms with Crippen LogP contribution in [0.1, 0.15) is 45.2 Å². The van der Waals surface area contributed by atoms with Gasteiger partial charge in [0.05, 0.1) is 5.60 Å². The molecule has 0 radical (unpaired) electrons. The number of hydrogen-bond donors (Lipinski definition) is 0. The summed E-state index contributed by atoms with van der Waals surface area (Å²) in [5.74, 6) is 0.981. The Labute approximate surface area is 110 Å². The van der Waals surface area contributed by atoms with Gasteiger partial charge in [-0.05, 0) is 58.7 Å². The Hall–Kier alpha value is -1.02. The smallest absolute Gasteiger partial charge is 0.130 e. The van der Waals surface area contributed by atoms with Gasteiger partial charge in [-0.15, -0.1) is 0 Å². The molecule has 0 N–H and O–H groups in total. The van der Waals surface area contributed by atoms with E-state index in [4.69, 9.17) is 9.47 Å². The summed E-state index contributed by atoms with van der Waals surface area (Å²) in [5.41, 5.74) is 2.15. The number of aryl methyl sites for hydroxylation is 1. The van der Waals surface area contributed by atoms with Crippen LogP contribution in [-0.4, -0.2) is 17.3 Å². The van der Waals surface area contributed by atoms with E-state index < -0.39 is 0 Å². The Balaban J connectivity index is 2.22. The van der Waals surface area contributed by atoms with Crippen LogP contribution in [0.3, 0.4) is 0 Å². The minimum atomic E-state index is -0.236. The van der Waals surface area contributed by atoms with Gasteiger partial charge >= 0.3 is 0 Å². The van der Waals surface area contributed by atoms with Gasteiger partial charge < -0.3 is 9.47 Å². The molecule has 2 rings (SSSR count). The Morgan fingerprint density at radius 3 is 2.39 bits per heavy atom. The third kappa shape index (κ3) is 2.54. The van der Waals surface area contributed by atoms with Crippen LogP contribution in [0.2, 0.25) is 0 Å². The van der Waals surface area contributed by atoms with E-state index in [0.717, 1.165) is 12.2 Å². The Kier molecular flexibility index (Phi) is 3.18. The fourth-order valence-corrected chi connectivity index (χ4v) is 2.70. The summed E-state index contributed by atoms with van der Waals surface area (Å²) in [6, 6.07) is 6.21. The number of ether oxygens (including phenoxy) is 2. The number of hydrogen-bond acceptors (Lipinski definition) is 2. The highest BCUT2D eigenvalue weighted by atomic mass is 16.6. The van der Waals surface area contributed by atoms with Gasteiger partial charge in [0.15, 0.2) is 0 Å². The van der Waals surface area contributed by atoms with Crippen LogP contribution in [0, 0.1) is 13.8 Å². The van der Waals surface area contributed by atoms with Gasteiger partial charge in [0.1, 0.15) is 17.5 Å². The molecule has 0 spiro atoms. The van der Waals surface area contributed by atoms with Crippen LogP contribution in [0.15, 0.2) is 18.2 Å². The lowest BCUT2D eigenvalue weighted by Crippen LogP contribution is -2.36. The minimum absolute atomic E-state index is 0.105. The van der Waals surface area contributed by atoms with Crippen LogP contribution < -0.4 is 4.74 Å². The predicted octanol–water partition coefficient (Wildman–Crippen LogP) is 4.03. The largest absolute Gasteiger partial charge is 0.487 e. The van der Waals surface area contributed by atoms with Crippen molar-refractivity contribution in [2.24, 2.45) is 0 Å². The molecule has 1 aliphatic rings. The fraction of sp³-hybridized carbons (Fsp3) is 0.625. The molecule has 0 amide bonds. The zero-order valence-corrected chi connectivity index (χ0v) is 12.3. The molecule has 1 aliphatic heterocycles. The lowest BCUT2D eigenvalue weighted by molar-refractivity contribution is -0.0846. The molecule has 18 heavy (non-hydrogen) atoms. The van der Waals surface area contributed by atoms with E-state index in [1.807, 2.05) is 12.1 Å². The van der Waals surface area contributed by atoms with Crippen LogP contribution in [0.4, 0.5) is 0 Å². The molecule has 1 saturated heterocycles. The molecular weight excluding hydrogens is 224 g/mol. The van der Waals surface area contributed by atoms with E-state index in [2.05, 4.69) is 47.6 Å². The van der Waals surface area contributed by atoms with E-state index >= 15 is 0 Å². The summed E-state index contributed by atoms with van der Waals surface area (Å²) >= 11 is 0. The van der Waals surface area contributed by atoms with Crippen molar-refractivity contribution >= 4 is 0 Å². The molecule has 2 nitrogen and oxygen atoms in total. The topological polar surface area (TPSA) is 18.5 Å². The van der Waals surface area contributed by atoms with Gasteiger partial charge in [-0.1, -0.05) is 12.1 Å². The highest BCUT2D eigenvalue weighted by Crippen LogP contribution is 2.40. The molecule has 1 aromatic carbocycles. The van der Waals surface area contributed by atoms with Crippen molar-refractivity contribution in [2.45, 2.75) is 65.3 Å². The van der Waals surface area contributed by atoms with Crippen molar-refractivity contribution in [3.05, 3.63) is 29.3 Å². The molecule has 0 saturated carbocycles. The van der Waals surface area contributed by atoms with Gasteiger partial charge in [0.2, 0.25) is 0 Å². The monoisotopic (exact) mass is 248 g/mol. The lowest BCUT2D eigenvalue weighted by atomic mass is 9.97. The Morgan fingerprint density at radius 2 is 1.83 bits per heavy atom. The van der Waals surface area contributed by atoms with E-state index in [0.29, 0.717) is 0 Å². The molecule has 2 heteroatoms. The summed E-state index contributed by atoms with van der Waals surface area (Å²) in [4.78, 5) is 0. The average molecular weight is 248 g/mol. The summed E-state index contributed by atoms with van der Waals surface area (Å²) in [7, 11) is 0. The van der Waals surface area contributed by atoms with Gasteiger partial charge in [-0.3, -0.25) is 0 Å². The van der Waals surface area contributed by atoms with E-state index in [1.54, 1.807) is 0 Å². The number of benzene rings is 1. The van der Waals surface area contributed by atoms with Gasteiger partial charge in [0.25, 0.3) is 0 Å². The summed E-state index contributed by atoms with van der Waals surface area (Å²) in [5, 5.41) is 0. The zero-order valence-electron chi connectivity index (χ0n) is 12.3. The molecule has 100 valence electrons. The average Bonchev–Trinajstić information content (AvgIpc) is 2.42. The van der Waals surface area contributed by atoms with E-state index in [1.165, 1.54) is 11.1 Å². The second-order valence-electron chi connectivity index (χ2n) is 6.47. The standard InChI is InChI=1S/C16H24O2/c1-11-8-7-9-13(12(11)2)17-14-10-15(3,4)18-16(14,5)6/h7-9,14H,10H2,1-6H3. The second-order valence-corrected chi connectivity index (χ2v) is 6.47. The van der Waals surface area contributed by atoms with Gasteiger partial charge in [-0.25, -0.2) is 0 Å². The molecule has 1 unspecified atom stereocenters. The van der Waals surface area contributed by atoms with Crippen molar-refractivity contribution in [1.82, 2.24) is 0 Å². The van der Waals surface area contributed by atoms with Crippen molar-refractivity contribution in [3.63, 3.8) is 0 Å². The lowest BCUT2D eigenvalue weighted by Gasteiger charge is -2.28. The molecule has 1 aromatic rings. The molecule has 1 atom stereocenters. The highest BCUT2D eigenvalue weighted by Gasteiger charge is 2.47. The SMILES string of the molecule is Cc1cccc(OC2CC(C)(C)OC2(C)C)c1C. The third-order valence-corrected chi connectivity index (χ3v) is 3.82. The van der Waals surface area contributed by atoms with Crippen molar-refractivity contribution in [2.75, 3.05) is 0 Å². The molecule has 1 heterocycles. The maximum atomic E-state index is 6.21. The third-order valence-electron chi connectivity index (χ3n) is 3.82. The van der Waals surface area contributed by atoms with Crippen LogP contribution >= 0.6 is 0 Å². The van der Waals surface area contributed by atoms with E-state index in [9.17, 15) is 0 Å². The highest BCUT2D eigenvalue weighted by molar-refractivity contribution is 5.38. The summed E-state index contributed by atoms with van der Waals surface area (Å²) in [6.07, 6.45) is 1.03. The van der Waals surface area contributed by atoms with Crippen LogP contribution in [0.5, 0.6) is 5.75 Å². The minimum Gasteiger partial charge on any atom is -0.487 e. The van der Waals surface area contributed by atoms with Gasteiger partial charge in [0, 0.05) is 6.42 Å². The van der Waals surface area contributed by atoms with E-state index in [-0.39, 0.29) is 17.3 Å². The molecule has 1 fully saturated rings. The van der Waals surface area contributed by atoms with Crippen molar-refractivity contribution in [3.8, 4) is 5.75 Å². The Morgan fingerprint density at radius 1 is 1.17 bits per heavy atom. The fourth-order valence-electron chi connectivity index (χ4n) is 2.70. The molecular formula is C16H24O2. The van der Waals surface area contributed by atoms with Crippen LogP contribution in [-0.2, 0) is 4.74 Å². The summed E-state index contributed by atoms with van der Waals surface area (Å²) in [6.45, 7) is 12.7. The molecule has 0 aliphatic carbocycles. The summed E-state index contributed by atoms with van der Waals surface area (Å²) < 4.78 is 12.3. The zero-order chi connectivity index (χ0) is 13.6. The van der Waals surface area contributed by atoms with Crippen LogP contribution in [0.25, 0.3) is 0 Å². The molecule has 0 bridgehead atoms. The van der Waals surface area contributed by atoms with Crippen molar-refractivity contribution < 1.29 is 9.47 Å². The predicted molar refractivity (Wildman–Crippen MR) is 74.2 cm³/mol. The Bertz CT molecular complexity index is 446. The first kappa shape index (κ1) is 13.4. The molecule has 0 aromatic heterocycles. The maximum absolute atomic E-state index is 6.21. The first-order valence-corrected chi connectivity index (χ1v) is 6.64. The quantitative estimate of drug-likeness (QED) is 0.786. The normalized spacial score (nSPS) is 25.1. The van der Waals surface area contributed by atoms with Crippen molar-refractivity contribution in [1.29, 1.82) is 0 Å². The first-order chi connectivity index (χ1) is 8.21. The first-order valence-electron chi connectivity index (χ1n) is 6.64. The second kappa shape index (κ2) is 4.27. The maximum Gasteiger partial charge on any atom is 0.130 e. The van der Waals surface area contributed by atoms with Gasteiger partial charge in [-0.2, -0.15) is 0 Å².